The highest BCUT2D eigenvalue weighted by Crippen LogP contribution is 2.19. The second-order valence-corrected chi connectivity index (χ2v) is 6.42. The molecule has 0 aliphatic carbocycles. The average Bonchev–Trinajstić information content (AvgIpc) is 2.44. The van der Waals surface area contributed by atoms with Crippen molar-refractivity contribution in [1.82, 2.24) is 5.32 Å². The van der Waals surface area contributed by atoms with Gasteiger partial charge in [-0.2, -0.15) is 0 Å². The van der Waals surface area contributed by atoms with Crippen LogP contribution >= 0.6 is 11.6 Å². The lowest BCUT2D eigenvalue weighted by atomic mass is 9.95. The van der Waals surface area contributed by atoms with E-state index in [9.17, 15) is 0 Å². The largest absolute Gasteiger partial charge is 0.379 e. The molecule has 1 rings (SSSR count). The smallest absolute Gasteiger partial charge is 0.0623 e. The Morgan fingerprint density at radius 3 is 2.45 bits per heavy atom. The molecule has 0 heterocycles. The second-order valence-electron chi connectivity index (χ2n) is 5.98. The molecule has 0 aliphatic heterocycles. The van der Waals surface area contributed by atoms with Crippen molar-refractivity contribution in [3.05, 3.63) is 34.9 Å². The van der Waals surface area contributed by atoms with E-state index >= 15 is 0 Å². The summed E-state index contributed by atoms with van der Waals surface area (Å²) >= 11 is 5.94. The van der Waals surface area contributed by atoms with E-state index in [0.29, 0.717) is 6.04 Å². The predicted molar refractivity (Wildman–Crippen MR) is 87.6 cm³/mol. The zero-order valence-electron chi connectivity index (χ0n) is 13.2. The molecule has 114 valence electrons. The maximum Gasteiger partial charge on any atom is 0.0623 e. The number of rotatable bonds is 9. The summed E-state index contributed by atoms with van der Waals surface area (Å²) in [6, 6.07) is 8.65. The van der Waals surface area contributed by atoms with Crippen LogP contribution in [-0.2, 0) is 11.2 Å². The summed E-state index contributed by atoms with van der Waals surface area (Å²) in [6.07, 6.45) is 4.36. The molecule has 0 aliphatic rings. The van der Waals surface area contributed by atoms with Crippen LogP contribution in [0.1, 0.15) is 45.6 Å². The lowest BCUT2D eigenvalue weighted by Crippen LogP contribution is -2.34. The third-order valence-corrected chi connectivity index (χ3v) is 3.98. The molecular formula is C17H28ClNO. The Labute approximate surface area is 128 Å². The van der Waals surface area contributed by atoms with Crippen molar-refractivity contribution >= 4 is 11.6 Å². The first-order valence-corrected chi connectivity index (χ1v) is 7.87. The summed E-state index contributed by atoms with van der Waals surface area (Å²) in [5, 5.41) is 4.44. The van der Waals surface area contributed by atoms with Crippen molar-refractivity contribution < 1.29 is 4.74 Å². The van der Waals surface area contributed by atoms with E-state index < -0.39 is 0 Å². The van der Waals surface area contributed by atoms with Gasteiger partial charge in [-0.1, -0.05) is 30.7 Å². The molecule has 1 aromatic carbocycles. The average molecular weight is 298 g/mol. The highest BCUT2D eigenvalue weighted by molar-refractivity contribution is 6.30. The van der Waals surface area contributed by atoms with Crippen LogP contribution in [0.5, 0.6) is 0 Å². The maximum atomic E-state index is 5.94. The van der Waals surface area contributed by atoms with Crippen LogP contribution in [0.25, 0.3) is 0 Å². The Bertz CT molecular complexity index is 375. The summed E-state index contributed by atoms with van der Waals surface area (Å²) in [5.41, 5.74) is 1.28. The standard InChI is InChI=1S/C17H28ClNO/c1-5-12-19-16(10-11-17(2,3)20-4)13-14-6-8-15(18)9-7-14/h6-9,16,19H,5,10-13H2,1-4H3. The zero-order chi connectivity index (χ0) is 15.0. The van der Waals surface area contributed by atoms with Gasteiger partial charge in [0.2, 0.25) is 0 Å². The fourth-order valence-electron chi connectivity index (χ4n) is 2.15. The van der Waals surface area contributed by atoms with Gasteiger partial charge >= 0.3 is 0 Å². The molecule has 0 aromatic heterocycles. The molecule has 0 saturated heterocycles. The molecule has 2 nitrogen and oxygen atoms in total. The van der Waals surface area contributed by atoms with Gasteiger partial charge < -0.3 is 10.1 Å². The van der Waals surface area contributed by atoms with E-state index in [1.807, 2.05) is 12.1 Å². The van der Waals surface area contributed by atoms with Gasteiger partial charge in [0.1, 0.15) is 0 Å². The van der Waals surface area contributed by atoms with Crippen molar-refractivity contribution in [2.24, 2.45) is 0 Å². The summed E-state index contributed by atoms with van der Waals surface area (Å²) in [7, 11) is 1.79. The van der Waals surface area contributed by atoms with Crippen LogP contribution in [0.15, 0.2) is 24.3 Å². The van der Waals surface area contributed by atoms with Crippen molar-refractivity contribution in [3.63, 3.8) is 0 Å². The molecule has 1 aromatic rings. The van der Waals surface area contributed by atoms with Gasteiger partial charge in [0.15, 0.2) is 0 Å². The van der Waals surface area contributed by atoms with E-state index in [-0.39, 0.29) is 5.60 Å². The molecule has 0 spiro atoms. The van der Waals surface area contributed by atoms with Crippen LogP contribution in [0.3, 0.4) is 0 Å². The summed E-state index contributed by atoms with van der Waals surface area (Å²) < 4.78 is 5.51. The van der Waals surface area contributed by atoms with E-state index in [1.54, 1.807) is 7.11 Å². The number of nitrogens with one attached hydrogen (secondary N) is 1. The quantitative estimate of drug-likeness (QED) is 0.727. The molecule has 0 bridgehead atoms. The second kappa shape index (κ2) is 8.66. The number of hydrogen-bond acceptors (Lipinski definition) is 2. The Hall–Kier alpha value is -0.570. The number of methoxy groups -OCH3 is 1. The third-order valence-electron chi connectivity index (χ3n) is 3.73. The van der Waals surface area contributed by atoms with Crippen LogP contribution in [0.2, 0.25) is 5.02 Å². The lowest BCUT2D eigenvalue weighted by Gasteiger charge is -2.26. The normalized spacial score (nSPS) is 13.4. The van der Waals surface area contributed by atoms with Crippen LogP contribution in [-0.4, -0.2) is 25.3 Å². The van der Waals surface area contributed by atoms with Gasteiger partial charge in [0.25, 0.3) is 0 Å². The molecule has 20 heavy (non-hydrogen) atoms. The molecule has 0 radical (unpaired) electrons. The highest BCUT2D eigenvalue weighted by atomic mass is 35.5. The number of benzene rings is 1. The summed E-state index contributed by atoms with van der Waals surface area (Å²) in [5.74, 6) is 0. The minimum Gasteiger partial charge on any atom is -0.379 e. The Kier molecular flexibility index (Phi) is 7.57. The molecule has 0 fully saturated rings. The van der Waals surface area contributed by atoms with Crippen molar-refractivity contribution in [1.29, 1.82) is 0 Å². The van der Waals surface area contributed by atoms with Crippen molar-refractivity contribution in [3.8, 4) is 0 Å². The molecule has 0 saturated carbocycles. The van der Waals surface area contributed by atoms with Gasteiger partial charge in [0, 0.05) is 18.2 Å². The number of halogens is 1. The topological polar surface area (TPSA) is 21.3 Å². The van der Waals surface area contributed by atoms with Gasteiger partial charge in [-0.3, -0.25) is 0 Å². The fourth-order valence-corrected chi connectivity index (χ4v) is 2.28. The fraction of sp³-hybridized carbons (Fsp3) is 0.647. The molecule has 1 atom stereocenters. The van der Waals surface area contributed by atoms with Crippen LogP contribution in [0, 0.1) is 0 Å². The van der Waals surface area contributed by atoms with E-state index in [1.165, 1.54) is 5.56 Å². The molecule has 0 amide bonds. The highest BCUT2D eigenvalue weighted by Gasteiger charge is 2.19. The van der Waals surface area contributed by atoms with Gasteiger partial charge in [0.05, 0.1) is 5.60 Å². The van der Waals surface area contributed by atoms with E-state index in [0.717, 1.165) is 37.3 Å². The Morgan fingerprint density at radius 2 is 1.90 bits per heavy atom. The number of hydrogen-bond donors (Lipinski definition) is 1. The summed E-state index contributed by atoms with van der Waals surface area (Å²) in [4.78, 5) is 0. The lowest BCUT2D eigenvalue weighted by molar-refractivity contribution is 0.0117. The summed E-state index contributed by atoms with van der Waals surface area (Å²) in [6.45, 7) is 7.55. The maximum absolute atomic E-state index is 5.94. The molecule has 1 N–H and O–H groups in total. The van der Waals surface area contributed by atoms with Gasteiger partial charge in [-0.05, 0) is 63.8 Å². The van der Waals surface area contributed by atoms with Crippen LogP contribution in [0.4, 0.5) is 0 Å². The Balaban J connectivity index is 2.57. The SMILES string of the molecule is CCCNC(CCC(C)(C)OC)Cc1ccc(Cl)cc1. The first-order chi connectivity index (χ1) is 9.46. The third kappa shape index (κ3) is 6.74. The first-order valence-electron chi connectivity index (χ1n) is 7.50. The minimum absolute atomic E-state index is 0.0495. The monoisotopic (exact) mass is 297 g/mol. The number of ether oxygens (including phenoxy) is 1. The van der Waals surface area contributed by atoms with Gasteiger partial charge in [-0.25, -0.2) is 0 Å². The Morgan fingerprint density at radius 1 is 1.25 bits per heavy atom. The van der Waals surface area contributed by atoms with Crippen molar-refractivity contribution in [2.75, 3.05) is 13.7 Å². The molecule has 3 heteroatoms. The van der Waals surface area contributed by atoms with Crippen LogP contribution < -0.4 is 5.32 Å². The van der Waals surface area contributed by atoms with Gasteiger partial charge in [-0.15, -0.1) is 0 Å². The van der Waals surface area contributed by atoms with E-state index in [2.05, 4.69) is 38.2 Å². The zero-order valence-corrected chi connectivity index (χ0v) is 14.0. The molecule has 1 unspecified atom stereocenters. The minimum atomic E-state index is -0.0495. The molecular weight excluding hydrogens is 270 g/mol. The predicted octanol–water partition coefficient (Wildman–Crippen LogP) is 4.46. The van der Waals surface area contributed by atoms with E-state index in [4.69, 9.17) is 16.3 Å². The first kappa shape index (κ1) is 17.5. The van der Waals surface area contributed by atoms with Crippen molar-refractivity contribution in [2.45, 2.75) is 58.1 Å².